The Hall–Kier alpha value is -3.20. The summed E-state index contributed by atoms with van der Waals surface area (Å²) in [7, 11) is -1.18. The molecule has 9 heteroatoms. The van der Waals surface area contributed by atoms with E-state index in [0.29, 0.717) is 30.3 Å². The number of nitrogens with one attached hydrogen (secondary N) is 1. The van der Waals surface area contributed by atoms with Gasteiger partial charge in [-0.3, -0.25) is 9.10 Å². The van der Waals surface area contributed by atoms with Gasteiger partial charge in [0.1, 0.15) is 12.3 Å². The van der Waals surface area contributed by atoms with Gasteiger partial charge < -0.3 is 19.5 Å². The second kappa shape index (κ2) is 12.5. The molecule has 2 aromatic rings. The van der Waals surface area contributed by atoms with E-state index in [1.807, 2.05) is 6.92 Å². The van der Waals surface area contributed by atoms with Crippen LogP contribution in [-0.4, -0.2) is 48.2 Å². The number of nitrogens with zero attached hydrogens (tertiary/aromatic N) is 1. The zero-order chi connectivity index (χ0) is 25.3. The average Bonchev–Trinajstić information content (AvgIpc) is 2.88. The molecule has 1 N–H and O–H groups in total. The smallest absolute Gasteiger partial charge is 0.264 e. The fourth-order valence-corrected chi connectivity index (χ4v) is 5.41. The topological polar surface area (TPSA) is 94.2 Å². The summed E-state index contributed by atoms with van der Waals surface area (Å²) in [5.41, 5.74) is 1.70. The Morgan fingerprint density at radius 1 is 1.03 bits per heavy atom. The third-order valence-electron chi connectivity index (χ3n) is 5.82. The molecule has 0 heterocycles. The maximum Gasteiger partial charge on any atom is 0.264 e. The van der Waals surface area contributed by atoms with Crippen molar-refractivity contribution < 1.29 is 27.4 Å². The van der Waals surface area contributed by atoms with E-state index in [0.717, 1.165) is 23.6 Å². The summed E-state index contributed by atoms with van der Waals surface area (Å²) in [6.45, 7) is 2.48. The van der Waals surface area contributed by atoms with Crippen LogP contribution in [0.25, 0.3) is 0 Å². The predicted molar refractivity (Wildman–Crippen MR) is 136 cm³/mol. The van der Waals surface area contributed by atoms with Crippen molar-refractivity contribution in [3.63, 3.8) is 0 Å². The Morgan fingerprint density at radius 3 is 2.40 bits per heavy atom. The van der Waals surface area contributed by atoms with E-state index in [4.69, 9.17) is 14.2 Å². The summed E-state index contributed by atoms with van der Waals surface area (Å²) in [5.74, 6) is 0.934. The van der Waals surface area contributed by atoms with Crippen molar-refractivity contribution in [3.8, 4) is 17.2 Å². The molecule has 0 saturated heterocycles. The molecule has 190 valence electrons. The van der Waals surface area contributed by atoms with Gasteiger partial charge in [0.15, 0.2) is 11.5 Å². The van der Waals surface area contributed by atoms with Gasteiger partial charge in [-0.15, -0.1) is 0 Å². The van der Waals surface area contributed by atoms with Crippen molar-refractivity contribution in [1.29, 1.82) is 0 Å². The van der Waals surface area contributed by atoms with E-state index in [9.17, 15) is 13.2 Å². The van der Waals surface area contributed by atoms with Crippen LogP contribution < -0.4 is 23.8 Å². The lowest BCUT2D eigenvalue weighted by molar-refractivity contribution is -0.119. The number of amides is 1. The van der Waals surface area contributed by atoms with Gasteiger partial charge in [0, 0.05) is 12.6 Å². The highest BCUT2D eigenvalue weighted by molar-refractivity contribution is 7.92. The molecule has 1 aliphatic carbocycles. The summed E-state index contributed by atoms with van der Waals surface area (Å²) in [4.78, 5) is 12.8. The van der Waals surface area contributed by atoms with E-state index in [2.05, 4.69) is 11.4 Å². The predicted octanol–water partition coefficient (Wildman–Crippen LogP) is 4.30. The Bertz CT molecular complexity index is 1130. The van der Waals surface area contributed by atoms with Crippen molar-refractivity contribution >= 4 is 21.6 Å². The number of ether oxygens (including phenoxy) is 3. The lowest BCUT2D eigenvalue weighted by atomic mass is 9.97. The summed E-state index contributed by atoms with van der Waals surface area (Å²) in [5, 5.41) is 2.87. The Labute approximate surface area is 207 Å². The standard InChI is InChI=1S/C26H34N2O6S/c1-4-34-22-12-10-21(11-13-22)28(19-26(29)27-17-16-20-8-6-5-7-9-20)35(30,31)23-14-15-24(32-2)25(18-23)33-3/h8,10-15,18H,4-7,9,16-17,19H2,1-3H3,(H,27,29). The summed E-state index contributed by atoms with van der Waals surface area (Å²) in [6.07, 6.45) is 7.54. The zero-order valence-corrected chi connectivity index (χ0v) is 21.4. The van der Waals surface area contributed by atoms with E-state index in [1.165, 1.54) is 50.8 Å². The van der Waals surface area contributed by atoms with Gasteiger partial charge in [0.25, 0.3) is 10.0 Å². The third kappa shape index (κ3) is 6.91. The number of benzene rings is 2. The molecule has 0 spiro atoms. The first-order valence-electron chi connectivity index (χ1n) is 11.8. The quantitative estimate of drug-likeness (QED) is 0.435. The number of rotatable bonds is 12. The highest BCUT2D eigenvalue weighted by atomic mass is 32.2. The van der Waals surface area contributed by atoms with Gasteiger partial charge in [-0.25, -0.2) is 8.42 Å². The molecule has 1 amide bonds. The van der Waals surface area contributed by atoms with Gasteiger partial charge >= 0.3 is 0 Å². The van der Waals surface area contributed by atoms with E-state index in [1.54, 1.807) is 24.3 Å². The number of allylic oxidation sites excluding steroid dienone is 1. The fraction of sp³-hybridized carbons (Fsp3) is 0.423. The number of hydrogen-bond acceptors (Lipinski definition) is 6. The average molecular weight is 503 g/mol. The number of sulfonamides is 1. The molecule has 0 radical (unpaired) electrons. The number of hydrogen-bond donors (Lipinski definition) is 1. The number of carbonyl (C=O) groups is 1. The molecule has 1 aliphatic rings. The first kappa shape index (κ1) is 26.4. The van der Waals surface area contributed by atoms with Crippen molar-refractivity contribution in [2.24, 2.45) is 0 Å². The molecule has 35 heavy (non-hydrogen) atoms. The number of anilines is 1. The normalized spacial score (nSPS) is 13.5. The van der Waals surface area contributed by atoms with Gasteiger partial charge in [-0.1, -0.05) is 11.6 Å². The van der Waals surface area contributed by atoms with Gasteiger partial charge in [0.2, 0.25) is 5.91 Å². The van der Waals surface area contributed by atoms with Crippen LogP contribution in [0.15, 0.2) is 59.0 Å². The monoisotopic (exact) mass is 502 g/mol. The van der Waals surface area contributed by atoms with Crippen LogP contribution in [-0.2, 0) is 14.8 Å². The lowest BCUT2D eigenvalue weighted by Crippen LogP contribution is -2.41. The maximum absolute atomic E-state index is 13.7. The molecule has 0 saturated carbocycles. The van der Waals surface area contributed by atoms with Crippen LogP contribution >= 0.6 is 0 Å². The molecular weight excluding hydrogens is 468 g/mol. The van der Waals surface area contributed by atoms with Crippen LogP contribution in [0.3, 0.4) is 0 Å². The second-order valence-electron chi connectivity index (χ2n) is 8.16. The first-order chi connectivity index (χ1) is 16.9. The molecule has 0 unspecified atom stereocenters. The van der Waals surface area contributed by atoms with Gasteiger partial charge in [-0.05, 0) is 75.4 Å². The van der Waals surface area contributed by atoms with Crippen LogP contribution in [0.1, 0.15) is 39.0 Å². The van der Waals surface area contributed by atoms with Crippen molar-refractivity contribution in [2.45, 2.75) is 43.9 Å². The van der Waals surface area contributed by atoms with E-state index >= 15 is 0 Å². The van der Waals surface area contributed by atoms with Crippen LogP contribution in [0, 0.1) is 0 Å². The molecule has 0 fully saturated rings. The molecule has 3 rings (SSSR count). The summed E-state index contributed by atoms with van der Waals surface area (Å²) in [6, 6.07) is 11.0. The molecule has 0 bridgehead atoms. The maximum atomic E-state index is 13.7. The SMILES string of the molecule is CCOc1ccc(N(CC(=O)NCCC2=CCCCC2)S(=O)(=O)c2ccc(OC)c(OC)c2)cc1. The van der Waals surface area contributed by atoms with Crippen LogP contribution in [0.4, 0.5) is 5.69 Å². The number of carbonyl (C=O) groups excluding carboxylic acids is 1. The van der Waals surface area contributed by atoms with Crippen LogP contribution in [0.5, 0.6) is 17.2 Å². The molecule has 0 aliphatic heterocycles. The number of methoxy groups -OCH3 is 2. The van der Waals surface area contributed by atoms with Crippen molar-refractivity contribution in [2.75, 3.05) is 38.2 Å². The summed E-state index contributed by atoms with van der Waals surface area (Å²) >= 11 is 0. The van der Waals surface area contributed by atoms with Crippen molar-refractivity contribution in [1.82, 2.24) is 5.32 Å². The lowest BCUT2D eigenvalue weighted by Gasteiger charge is -2.25. The van der Waals surface area contributed by atoms with E-state index in [-0.39, 0.29) is 23.1 Å². The van der Waals surface area contributed by atoms with E-state index < -0.39 is 10.0 Å². The Balaban J connectivity index is 1.84. The highest BCUT2D eigenvalue weighted by Gasteiger charge is 2.28. The minimum atomic E-state index is -4.09. The fourth-order valence-electron chi connectivity index (χ4n) is 3.98. The molecule has 0 atom stereocenters. The summed E-state index contributed by atoms with van der Waals surface area (Å²) < 4.78 is 44.4. The third-order valence-corrected chi connectivity index (χ3v) is 7.59. The zero-order valence-electron chi connectivity index (χ0n) is 20.6. The second-order valence-corrected chi connectivity index (χ2v) is 10.0. The van der Waals surface area contributed by atoms with Gasteiger partial charge in [0.05, 0.1) is 31.4 Å². The highest BCUT2D eigenvalue weighted by Crippen LogP contribution is 2.32. The molecule has 2 aromatic carbocycles. The van der Waals surface area contributed by atoms with Gasteiger partial charge in [-0.2, -0.15) is 0 Å². The Kier molecular flexibility index (Phi) is 9.42. The minimum Gasteiger partial charge on any atom is -0.494 e. The largest absolute Gasteiger partial charge is 0.494 e. The minimum absolute atomic E-state index is 0.0100. The Morgan fingerprint density at radius 2 is 1.77 bits per heavy atom. The van der Waals surface area contributed by atoms with Crippen molar-refractivity contribution in [3.05, 3.63) is 54.1 Å². The molecule has 0 aromatic heterocycles. The van der Waals surface area contributed by atoms with Crippen LogP contribution in [0.2, 0.25) is 0 Å². The molecule has 8 nitrogen and oxygen atoms in total. The first-order valence-corrected chi connectivity index (χ1v) is 13.2. The molecular formula is C26H34N2O6S.